The highest BCUT2D eigenvalue weighted by molar-refractivity contribution is 5.73. The summed E-state index contributed by atoms with van der Waals surface area (Å²) in [4.78, 5) is 23.8. The van der Waals surface area contributed by atoms with E-state index in [0.29, 0.717) is 0 Å². The van der Waals surface area contributed by atoms with E-state index >= 15 is 0 Å². The van der Waals surface area contributed by atoms with E-state index in [9.17, 15) is 86.2 Å². The summed E-state index contributed by atoms with van der Waals surface area (Å²) in [6, 6.07) is -1.45. The van der Waals surface area contributed by atoms with Gasteiger partial charge in [-0.3, -0.25) is 4.79 Å². The van der Waals surface area contributed by atoms with Gasteiger partial charge in [-0.25, -0.2) is 4.79 Å². The number of amides is 1. The fourth-order valence-electron chi connectivity index (χ4n) is 8.52. The second-order valence-corrected chi connectivity index (χ2v) is 17.0. The molecule has 0 bridgehead atoms. The maximum absolute atomic E-state index is 11.9. The number of aliphatic hydroxyl groups is 14. The Morgan fingerprint density at radius 1 is 0.439 bits per heavy atom. The predicted molar refractivity (Wildman–Crippen MR) is 201 cm³/mol. The molecule has 382 valence electrons. The topological polar surface area (TPSA) is 451 Å². The predicted octanol–water partition coefficient (Wildman–Crippen LogP) is -10.1. The molecule has 6 aliphatic heterocycles. The van der Waals surface area contributed by atoms with Crippen LogP contribution < -0.4 is 5.32 Å². The minimum Gasteiger partial charge on any atom is -0.479 e. The minimum atomic E-state index is -2.20. The van der Waals surface area contributed by atoms with Crippen LogP contribution in [0.3, 0.4) is 0 Å². The number of rotatable bonds is 14. The molecule has 29 heteroatoms. The molecular weight excluding hydrogens is 906 g/mol. The van der Waals surface area contributed by atoms with Gasteiger partial charge >= 0.3 is 5.97 Å². The Morgan fingerprint density at radius 2 is 0.894 bits per heavy atom. The fraction of sp³-hybridized carbons (Fsp3) is 0.946. The van der Waals surface area contributed by atoms with Crippen LogP contribution in [0.1, 0.15) is 27.7 Å². The molecule has 0 aromatic rings. The van der Waals surface area contributed by atoms with Crippen LogP contribution in [0.2, 0.25) is 0 Å². The summed E-state index contributed by atoms with van der Waals surface area (Å²) in [5, 5.41) is 162. The lowest BCUT2D eigenvalue weighted by atomic mass is 9.95. The minimum absolute atomic E-state index is 0.674. The normalized spacial score (nSPS) is 52.5. The molecule has 6 aliphatic rings. The van der Waals surface area contributed by atoms with Crippen molar-refractivity contribution >= 4 is 11.9 Å². The highest BCUT2D eigenvalue weighted by Crippen LogP contribution is 2.38. The first kappa shape index (κ1) is 53.3. The van der Waals surface area contributed by atoms with E-state index in [-0.39, 0.29) is 0 Å². The molecule has 0 saturated carbocycles. The molecule has 29 atom stereocenters. The van der Waals surface area contributed by atoms with Gasteiger partial charge in [0.2, 0.25) is 5.91 Å². The monoisotopic (exact) mass is 967 g/mol. The summed E-state index contributed by atoms with van der Waals surface area (Å²) in [5.74, 6) is -2.47. The Hall–Kier alpha value is -2.06. The van der Waals surface area contributed by atoms with Crippen molar-refractivity contribution in [2.45, 2.75) is 206 Å². The van der Waals surface area contributed by atoms with Gasteiger partial charge in [-0.2, -0.15) is 0 Å². The molecule has 66 heavy (non-hydrogen) atoms. The van der Waals surface area contributed by atoms with Gasteiger partial charge in [0.25, 0.3) is 0 Å². The molecule has 1 amide bonds. The molecule has 0 radical (unpaired) electrons. The quantitative estimate of drug-likeness (QED) is 0.0768. The van der Waals surface area contributed by atoms with Crippen LogP contribution in [0.5, 0.6) is 0 Å². The van der Waals surface area contributed by atoms with Crippen LogP contribution in [0.25, 0.3) is 0 Å². The van der Waals surface area contributed by atoms with Crippen molar-refractivity contribution in [3.8, 4) is 0 Å². The Labute approximate surface area is 374 Å². The number of carbonyl (C=O) groups is 2. The van der Waals surface area contributed by atoms with E-state index < -0.39 is 203 Å². The number of aliphatic hydroxyl groups excluding tert-OH is 14. The van der Waals surface area contributed by atoms with Gasteiger partial charge < -0.3 is 134 Å². The van der Waals surface area contributed by atoms with Crippen molar-refractivity contribution in [1.29, 1.82) is 0 Å². The molecule has 6 rings (SSSR count). The van der Waals surface area contributed by atoms with Gasteiger partial charge in [0.1, 0.15) is 116 Å². The zero-order valence-electron chi connectivity index (χ0n) is 35.7. The molecule has 0 spiro atoms. The van der Waals surface area contributed by atoms with Crippen molar-refractivity contribution in [2.24, 2.45) is 0 Å². The number of carboxylic acids is 1. The van der Waals surface area contributed by atoms with Crippen LogP contribution in [-0.2, 0) is 61.7 Å². The Bertz CT molecular complexity index is 1600. The average molecular weight is 968 g/mol. The highest BCUT2D eigenvalue weighted by Gasteiger charge is 2.58. The molecule has 0 aliphatic carbocycles. The van der Waals surface area contributed by atoms with E-state index in [1.54, 1.807) is 0 Å². The number of nitrogens with one attached hydrogen (secondary N) is 1. The van der Waals surface area contributed by atoms with E-state index in [4.69, 9.17) is 52.1 Å². The van der Waals surface area contributed by atoms with E-state index in [1.807, 2.05) is 0 Å². The first-order valence-corrected chi connectivity index (χ1v) is 21.1. The summed E-state index contributed by atoms with van der Waals surface area (Å²) < 4.78 is 62.8. The average Bonchev–Trinajstić information content (AvgIpc) is 3.54. The van der Waals surface area contributed by atoms with Crippen molar-refractivity contribution < 1.29 is 138 Å². The zero-order valence-corrected chi connectivity index (χ0v) is 35.7. The van der Waals surface area contributed by atoms with Gasteiger partial charge in [-0.1, -0.05) is 0 Å². The number of hydrogen-bond donors (Lipinski definition) is 16. The third kappa shape index (κ3) is 10.8. The number of aliphatic carboxylic acids is 1. The molecule has 16 N–H and O–H groups in total. The van der Waals surface area contributed by atoms with Crippen LogP contribution in [0.4, 0.5) is 0 Å². The molecule has 0 aromatic carbocycles. The SMILES string of the molecule is CC(=O)N[C@@H]1[C@@H](O[C@H]2O[C@@H](C)[C@H](O[C@H]3O[C@@H](C)[C@H](O)[C@@H](O[C@@H]4O[C@@H](C)[C@H](O)[C@@H](O[C@@H]5O[C@H](CO)[C@@H](O)[C@H]5O)[C@H]4O[C@H]4O[C@H](C(=O)O)[C@@H](O)[C@H](O)[C@H]4O)[C@H]3O)[C@@H](O)[C@H]2O)[C@H](O)[C@@H](CO)O[C@H]1O. The first-order valence-electron chi connectivity index (χ1n) is 21.1. The van der Waals surface area contributed by atoms with Crippen molar-refractivity contribution in [3.05, 3.63) is 0 Å². The fourth-order valence-corrected chi connectivity index (χ4v) is 8.52. The Kier molecular flexibility index (Phi) is 17.7. The van der Waals surface area contributed by atoms with Crippen LogP contribution >= 0.6 is 0 Å². The smallest absolute Gasteiger partial charge is 0.335 e. The molecule has 6 fully saturated rings. The number of hydrogen-bond acceptors (Lipinski definition) is 27. The summed E-state index contributed by atoms with van der Waals surface area (Å²) in [6.07, 6.45) is -50.5. The van der Waals surface area contributed by atoms with Gasteiger partial charge in [0, 0.05) is 6.92 Å². The van der Waals surface area contributed by atoms with Crippen LogP contribution in [0, 0.1) is 0 Å². The molecule has 0 unspecified atom stereocenters. The lowest BCUT2D eigenvalue weighted by Gasteiger charge is -2.50. The second-order valence-electron chi connectivity index (χ2n) is 17.0. The second kappa shape index (κ2) is 21.9. The third-order valence-corrected chi connectivity index (χ3v) is 12.3. The molecule has 6 saturated heterocycles. The standard InChI is InChI=1S/C37H61NO28/c1-7-14(42)27(24(52)36(56-7)61-25-9(3)58-33(23(51)20(25)48)62-26-13(38-10(4)41)32(55)59-12(6-40)17(26)45)63-37-30(66-35-22(50)18(46)19(47)29(65-35)31(53)54)28(15(43)8(2)57-37)64-34-21(49)16(44)11(5-39)60-34/h7-9,11-30,32-37,39-40,42-52,55H,5-6H2,1-4H3,(H,38,41)(H,53,54)/t7-,8-,9-,11+,12+,13+,14-,15-,16+,17+,18-,19-,20-,21+,22+,23+,24+,25-,26+,27+,28+,29-,30+,32+,33+,34-,35+,36+,37-/m0/s1. The molecule has 29 nitrogen and oxygen atoms in total. The Balaban J connectivity index is 1.22. The molecule has 6 heterocycles. The van der Waals surface area contributed by atoms with Crippen LogP contribution in [-0.4, -0.2) is 280 Å². The van der Waals surface area contributed by atoms with Crippen molar-refractivity contribution in [3.63, 3.8) is 0 Å². The summed E-state index contributed by atoms with van der Waals surface area (Å²) in [7, 11) is 0. The number of ether oxygens (including phenoxy) is 11. The number of carbonyl (C=O) groups excluding carboxylic acids is 1. The van der Waals surface area contributed by atoms with Gasteiger partial charge in [0.05, 0.1) is 31.5 Å². The Morgan fingerprint density at radius 3 is 1.48 bits per heavy atom. The lowest BCUT2D eigenvalue weighted by molar-refractivity contribution is -0.399. The van der Waals surface area contributed by atoms with Gasteiger partial charge in [-0.15, -0.1) is 0 Å². The highest BCUT2D eigenvalue weighted by atomic mass is 16.8. The maximum Gasteiger partial charge on any atom is 0.335 e. The largest absolute Gasteiger partial charge is 0.479 e. The van der Waals surface area contributed by atoms with E-state index in [1.165, 1.54) is 20.8 Å². The molecule has 0 aromatic heterocycles. The van der Waals surface area contributed by atoms with Crippen molar-refractivity contribution in [2.75, 3.05) is 13.2 Å². The van der Waals surface area contributed by atoms with Crippen molar-refractivity contribution in [1.82, 2.24) is 5.32 Å². The summed E-state index contributed by atoms with van der Waals surface area (Å²) in [5.41, 5.74) is 0. The zero-order chi connectivity index (χ0) is 48.8. The third-order valence-electron chi connectivity index (χ3n) is 12.3. The first-order chi connectivity index (χ1) is 31.0. The lowest BCUT2D eigenvalue weighted by Crippen LogP contribution is -2.68. The van der Waals surface area contributed by atoms with Gasteiger partial charge in [-0.05, 0) is 20.8 Å². The number of carboxylic acid groups (broad SMARTS) is 1. The summed E-state index contributed by atoms with van der Waals surface area (Å²) in [6.45, 7) is 3.49. The van der Waals surface area contributed by atoms with E-state index in [2.05, 4.69) is 5.32 Å². The van der Waals surface area contributed by atoms with Gasteiger partial charge in [0.15, 0.2) is 43.8 Å². The molecular formula is C37H61NO28. The summed E-state index contributed by atoms with van der Waals surface area (Å²) >= 11 is 0. The van der Waals surface area contributed by atoms with E-state index in [0.717, 1.165) is 6.92 Å². The maximum atomic E-state index is 11.9. The van der Waals surface area contributed by atoms with Crippen LogP contribution in [0.15, 0.2) is 0 Å².